The van der Waals surface area contributed by atoms with Crippen LogP contribution in [0.4, 0.5) is 0 Å². The molecule has 5 nitrogen and oxygen atoms in total. The molecule has 0 bridgehead atoms. The maximum atomic E-state index is 11.6. The van der Waals surface area contributed by atoms with E-state index in [1.807, 2.05) is 20.8 Å². The number of carbonyl (C=O) groups is 2. The van der Waals surface area contributed by atoms with E-state index in [4.69, 9.17) is 5.73 Å². The molecule has 0 aromatic rings. The molecule has 1 unspecified atom stereocenters. The van der Waals surface area contributed by atoms with E-state index in [0.29, 0.717) is 6.42 Å². The Labute approximate surface area is 96.7 Å². The highest BCUT2D eigenvalue weighted by molar-refractivity contribution is 5.87. The van der Waals surface area contributed by atoms with Gasteiger partial charge in [-0.3, -0.25) is 4.79 Å². The van der Waals surface area contributed by atoms with Crippen molar-refractivity contribution in [2.75, 3.05) is 7.11 Å². The molecule has 1 amide bonds. The standard InChI is InChI=1S/C11H22N2O3/c1-5-6-8(12)10(14)13-9(7(2)3)11(15)16-4/h7-9H,5-6,12H2,1-4H3,(H,13,14)/t8-,9?/m0/s1. The average Bonchev–Trinajstić information content (AvgIpc) is 2.24. The number of hydrogen-bond acceptors (Lipinski definition) is 4. The fourth-order valence-electron chi connectivity index (χ4n) is 1.33. The van der Waals surface area contributed by atoms with Gasteiger partial charge in [-0.15, -0.1) is 0 Å². The fraction of sp³-hybridized carbons (Fsp3) is 0.818. The Kier molecular flexibility index (Phi) is 6.72. The summed E-state index contributed by atoms with van der Waals surface area (Å²) in [5.74, 6) is -0.761. The Morgan fingerprint density at radius 2 is 1.94 bits per heavy atom. The van der Waals surface area contributed by atoms with E-state index in [1.54, 1.807) is 0 Å². The van der Waals surface area contributed by atoms with Crippen LogP contribution in [0.1, 0.15) is 33.6 Å². The molecule has 0 saturated carbocycles. The van der Waals surface area contributed by atoms with Crippen molar-refractivity contribution in [1.29, 1.82) is 0 Å². The van der Waals surface area contributed by atoms with Crippen LogP contribution in [0.2, 0.25) is 0 Å². The summed E-state index contributed by atoms with van der Waals surface area (Å²) in [5.41, 5.74) is 5.65. The third-order valence-corrected chi connectivity index (χ3v) is 2.36. The van der Waals surface area contributed by atoms with Crippen molar-refractivity contribution in [2.24, 2.45) is 11.7 Å². The van der Waals surface area contributed by atoms with E-state index in [9.17, 15) is 9.59 Å². The van der Waals surface area contributed by atoms with Crippen molar-refractivity contribution < 1.29 is 14.3 Å². The molecule has 0 aliphatic carbocycles. The minimum absolute atomic E-state index is 0.0229. The second kappa shape index (κ2) is 7.22. The second-order valence-electron chi connectivity index (χ2n) is 4.15. The number of nitrogens with two attached hydrogens (primary N) is 1. The molecule has 0 aromatic heterocycles. The Hall–Kier alpha value is -1.10. The molecule has 5 heteroatoms. The van der Waals surface area contributed by atoms with E-state index in [-0.39, 0.29) is 11.8 Å². The first kappa shape index (κ1) is 14.9. The summed E-state index contributed by atoms with van der Waals surface area (Å²) in [7, 11) is 1.30. The van der Waals surface area contributed by atoms with Crippen molar-refractivity contribution in [3.63, 3.8) is 0 Å². The first-order valence-electron chi connectivity index (χ1n) is 5.57. The largest absolute Gasteiger partial charge is 0.467 e. The highest BCUT2D eigenvalue weighted by atomic mass is 16.5. The van der Waals surface area contributed by atoms with Crippen LogP contribution in [0.15, 0.2) is 0 Å². The zero-order valence-corrected chi connectivity index (χ0v) is 10.4. The van der Waals surface area contributed by atoms with Crippen LogP contribution in [0.3, 0.4) is 0 Å². The second-order valence-corrected chi connectivity index (χ2v) is 4.15. The smallest absolute Gasteiger partial charge is 0.328 e. The number of ether oxygens (including phenoxy) is 1. The van der Waals surface area contributed by atoms with Crippen molar-refractivity contribution in [3.8, 4) is 0 Å². The summed E-state index contributed by atoms with van der Waals surface area (Å²) in [6.45, 7) is 5.63. The Bertz CT molecular complexity index is 241. The Balaban J connectivity index is 4.40. The molecule has 0 aliphatic heterocycles. The van der Waals surface area contributed by atoms with Crippen LogP contribution in [0, 0.1) is 5.92 Å². The van der Waals surface area contributed by atoms with Gasteiger partial charge in [0.1, 0.15) is 6.04 Å². The minimum atomic E-state index is -0.625. The molecule has 0 saturated heterocycles. The van der Waals surface area contributed by atoms with Gasteiger partial charge in [0.15, 0.2) is 0 Å². The summed E-state index contributed by atoms with van der Waals surface area (Å²) in [5, 5.41) is 2.61. The molecule has 0 heterocycles. The molecule has 16 heavy (non-hydrogen) atoms. The maximum Gasteiger partial charge on any atom is 0.328 e. The van der Waals surface area contributed by atoms with E-state index >= 15 is 0 Å². The van der Waals surface area contributed by atoms with E-state index in [1.165, 1.54) is 7.11 Å². The van der Waals surface area contributed by atoms with Crippen molar-refractivity contribution in [2.45, 2.75) is 45.7 Å². The molecule has 3 N–H and O–H groups in total. The quantitative estimate of drug-likeness (QED) is 0.648. The maximum absolute atomic E-state index is 11.6. The molecule has 94 valence electrons. The number of rotatable bonds is 6. The number of amides is 1. The SMILES string of the molecule is CCC[C@H](N)C(=O)NC(C(=O)OC)C(C)C. The number of methoxy groups -OCH3 is 1. The Morgan fingerprint density at radius 1 is 1.38 bits per heavy atom. The summed E-state index contributed by atoms with van der Waals surface area (Å²) in [6, 6.07) is -1.18. The first-order chi connectivity index (χ1) is 7.43. The lowest BCUT2D eigenvalue weighted by molar-refractivity contribution is -0.146. The monoisotopic (exact) mass is 230 g/mol. The van der Waals surface area contributed by atoms with Gasteiger partial charge in [0.2, 0.25) is 5.91 Å². The van der Waals surface area contributed by atoms with E-state index in [0.717, 1.165) is 6.42 Å². The van der Waals surface area contributed by atoms with E-state index < -0.39 is 18.1 Å². The van der Waals surface area contributed by atoms with Crippen LogP contribution < -0.4 is 11.1 Å². The van der Waals surface area contributed by atoms with Gasteiger partial charge in [-0.25, -0.2) is 4.79 Å². The van der Waals surface area contributed by atoms with Gasteiger partial charge in [-0.2, -0.15) is 0 Å². The van der Waals surface area contributed by atoms with Gasteiger partial charge in [0.05, 0.1) is 13.2 Å². The van der Waals surface area contributed by atoms with Crippen LogP contribution in [-0.2, 0) is 14.3 Å². The topological polar surface area (TPSA) is 81.4 Å². The lowest BCUT2D eigenvalue weighted by Crippen LogP contribution is -2.50. The predicted octanol–water partition coefficient (Wildman–Crippen LogP) is 0.428. The number of carbonyl (C=O) groups excluding carboxylic acids is 2. The number of hydrogen-bond donors (Lipinski definition) is 2. The molecule has 0 aliphatic rings. The molecule has 2 atom stereocenters. The zero-order chi connectivity index (χ0) is 12.7. The number of nitrogens with one attached hydrogen (secondary N) is 1. The predicted molar refractivity (Wildman–Crippen MR) is 61.7 cm³/mol. The van der Waals surface area contributed by atoms with Gasteiger partial charge in [-0.05, 0) is 12.3 Å². The normalized spacial score (nSPS) is 14.4. The van der Waals surface area contributed by atoms with Gasteiger partial charge in [0, 0.05) is 0 Å². The third-order valence-electron chi connectivity index (χ3n) is 2.36. The molecule has 0 radical (unpaired) electrons. The fourth-order valence-corrected chi connectivity index (χ4v) is 1.33. The molecule has 0 rings (SSSR count). The van der Waals surface area contributed by atoms with Gasteiger partial charge >= 0.3 is 5.97 Å². The van der Waals surface area contributed by atoms with Gasteiger partial charge in [0.25, 0.3) is 0 Å². The van der Waals surface area contributed by atoms with Crippen LogP contribution in [0.5, 0.6) is 0 Å². The van der Waals surface area contributed by atoms with Gasteiger partial charge in [-0.1, -0.05) is 27.2 Å². The first-order valence-corrected chi connectivity index (χ1v) is 5.57. The van der Waals surface area contributed by atoms with Crippen LogP contribution in [0.25, 0.3) is 0 Å². The van der Waals surface area contributed by atoms with Crippen LogP contribution >= 0.6 is 0 Å². The van der Waals surface area contributed by atoms with Crippen molar-refractivity contribution in [3.05, 3.63) is 0 Å². The number of esters is 1. The van der Waals surface area contributed by atoms with Crippen LogP contribution in [-0.4, -0.2) is 31.1 Å². The molecular weight excluding hydrogens is 208 g/mol. The minimum Gasteiger partial charge on any atom is -0.467 e. The molecule has 0 fully saturated rings. The molecule has 0 aromatic carbocycles. The lowest BCUT2D eigenvalue weighted by Gasteiger charge is -2.21. The molecule has 0 spiro atoms. The summed E-state index contributed by atoms with van der Waals surface area (Å²) in [6.07, 6.45) is 1.44. The summed E-state index contributed by atoms with van der Waals surface area (Å²) < 4.78 is 4.62. The summed E-state index contributed by atoms with van der Waals surface area (Å²) >= 11 is 0. The van der Waals surface area contributed by atoms with E-state index in [2.05, 4.69) is 10.1 Å². The van der Waals surface area contributed by atoms with Crippen molar-refractivity contribution >= 4 is 11.9 Å². The highest BCUT2D eigenvalue weighted by Gasteiger charge is 2.26. The van der Waals surface area contributed by atoms with Gasteiger partial charge < -0.3 is 15.8 Å². The Morgan fingerprint density at radius 3 is 2.31 bits per heavy atom. The zero-order valence-electron chi connectivity index (χ0n) is 10.4. The van der Waals surface area contributed by atoms with Crippen molar-refractivity contribution in [1.82, 2.24) is 5.32 Å². The highest BCUT2D eigenvalue weighted by Crippen LogP contribution is 2.04. The average molecular weight is 230 g/mol. The third kappa shape index (κ3) is 4.61. The lowest BCUT2D eigenvalue weighted by atomic mass is 10.0. The molecular formula is C11H22N2O3. The summed E-state index contributed by atoms with van der Waals surface area (Å²) in [4.78, 5) is 23.0.